The fraction of sp³-hybridized carbons (Fsp3) is 0.381. The molecule has 5 rings (SSSR count). The molecule has 1 aromatic carbocycles. The van der Waals surface area contributed by atoms with Crippen molar-refractivity contribution >= 4 is 40.4 Å². The van der Waals surface area contributed by atoms with Crippen LogP contribution in [0.25, 0.3) is 5.65 Å². The Balaban J connectivity index is 1.54. The fourth-order valence-corrected chi connectivity index (χ4v) is 4.10. The molecule has 1 saturated carbocycles. The number of nitrogens with zero attached hydrogens (tertiary/aromatic N) is 7. The predicted molar refractivity (Wildman–Crippen MR) is 121 cm³/mol. The van der Waals surface area contributed by atoms with Crippen LogP contribution in [0.3, 0.4) is 0 Å². The van der Waals surface area contributed by atoms with E-state index in [0.717, 1.165) is 12.8 Å². The van der Waals surface area contributed by atoms with Crippen LogP contribution in [-0.4, -0.2) is 63.1 Å². The summed E-state index contributed by atoms with van der Waals surface area (Å²) in [5, 5.41) is 40.4. The Hall–Kier alpha value is -3.64. The van der Waals surface area contributed by atoms with E-state index in [2.05, 4.69) is 37.8 Å². The minimum atomic E-state index is -0.666. The number of hydrogen-bond acceptors (Lipinski definition) is 10. The second-order valence-corrected chi connectivity index (χ2v) is 8.41. The van der Waals surface area contributed by atoms with Crippen molar-refractivity contribution < 1.29 is 9.84 Å². The summed E-state index contributed by atoms with van der Waals surface area (Å²) in [5.41, 5.74) is 2.12. The van der Waals surface area contributed by atoms with Gasteiger partial charge in [-0.3, -0.25) is 0 Å². The zero-order valence-corrected chi connectivity index (χ0v) is 18.4. The van der Waals surface area contributed by atoms with Gasteiger partial charge in [-0.25, -0.2) is 4.98 Å². The minimum absolute atomic E-state index is 0.194. The number of halogens is 1. The Morgan fingerprint density at radius 2 is 2.06 bits per heavy atom. The number of nitrogens with one attached hydrogen (secondary N) is 2. The van der Waals surface area contributed by atoms with E-state index in [0.29, 0.717) is 52.6 Å². The number of ether oxygens (including phenoxy) is 1. The number of aliphatic hydroxyl groups is 1. The quantitative estimate of drug-likeness (QED) is 0.493. The lowest BCUT2D eigenvalue weighted by atomic mass is 10.1. The molecular weight excluding hydrogens is 446 g/mol. The van der Waals surface area contributed by atoms with Gasteiger partial charge < -0.3 is 25.4 Å². The molecule has 2 fully saturated rings. The maximum absolute atomic E-state index is 10.2. The molecule has 3 heterocycles. The molecular formula is C21H20ClN9O2. The first kappa shape index (κ1) is 21.2. The van der Waals surface area contributed by atoms with Crippen LogP contribution >= 0.6 is 11.6 Å². The Kier molecular flexibility index (Phi) is 5.38. The lowest BCUT2D eigenvalue weighted by molar-refractivity contribution is 0.0217. The highest BCUT2D eigenvalue weighted by Crippen LogP contribution is 2.38. The molecule has 1 aliphatic carbocycles. The third kappa shape index (κ3) is 3.98. The van der Waals surface area contributed by atoms with E-state index in [-0.39, 0.29) is 17.7 Å². The van der Waals surface area contributed by atoms with Crippen molar-refractivity contribution in [1.29, 1.82) is 10.5 Å². The van der Waals surface area contributed by atoms with Gasteiger partial charge in [-0.15, -0.1) is 5.10 Å². The maximum Gasteiger partial charge on any atom is 0.247 e. The second-order valence-electron chi connectivity index (χ2n) is 8.03. The Bertz CT molecular complexity index is 1310. The molecule has 11 nitrogen and oxygen atoms in total. The number of β-amino-alcohol motifs (C(OH)–C–C–N with tert-alkyl or cyclic N) is 1. The van der Waals surface area contributed by atoms with E-state index in [1.54, 1.807) is 19.2 Å². The van der Waals surface area contributed by atoms with Crippen molar-refractivity contribution in [1.82, 2.24) is 19.6 Å². The minimum Gasteiger partial charge on any atom is -0.388 e. The molecule has 2 atom stereocenters. The smallest absolute Gasteiger partial charge is 0.247 e. The molecule has 2 unspecified atom stereocenters. The molecule has 12 heteroatoms. The number of imidazole rings is 1. The maximum atomic E-state index is 10.2. The molecule has 3 aromatic rings. The molecule has 1 aliphatic heterocycles. The van der Waals surface area contributed by atoms with Gasteiger partial charge in [0.05, 0.1) is 40.3 Å². The van der Waals surface area contributed by atoms with E-state index >= 15 is 0 Å². The first-order chi connectivity index (χ1) is 16.0. The van der Waals surface area contributed by atoms with Crippen LogP contribution in [0.2, 0.25) is 5.02 Å². The third-order valence-corrected chi connectivity index (χ3v) is 6.10. The molecule has 0 radical (unpaired) electrons. The van der Waals surface area contributed by atoms with Crippen LogP contribution in [0, 0.1) is 22.7 Å². The Morgan fingerprint density at radius 1 is 1.24 bits per heavy atom. The number of fused-ring (bicyclic) bond motifs is 1. The SMILES string of the molecule is COC1CN(c2cc(C#N)cc(Nc3nc(NC4CC4)c4ncc(C#N)n4n3)c2Cl)CC1O. The summed E-state index contributed by atoms with van der Waals surface area (Å²) in [4.78, 5) is 10.7. The Morgan fingerprint density at radius 3 is 2.73 bits per heavy atom. The first-order valence-corrected chi connectivity index (χ1v) is 10.8. The summed E-state index contributed by atoms with van der Waals surface area (Å²) in [6.45, 7) is 0.759. The van der Waals surface area contributed by atoms with E-state index in [1.807, 2.05) is 4.90 Å². The highest BCUT2D eigenvalue weighted by molar-refractivity contribution is 6.36. The van der Waals surface area contributed by atoms with E-state index in [9.17, 15) is 15.6 Å². The van der Waals surface area contributed by atoms with Crippen molar-refractivity contribution in [2.75, 3.05) is 35.7 Å². The summed E-state index contributed by atoms with van der Waals surface area (Å²) < 4.78 is 6.74. The molecule has 0 spiro atoms. The van der Waals surface area contributed by atoms with Crippen molar-refractivity contribution in [2.24, 2.45) is 0 Å². The normalized spacial score (nSPS) is 20.0. The number of aromatic nitrogens is 4. The lowest BCUT2D eigenvalue weighted by Crippen LogP contribution is -2.25. The zero-order chi connectivity index (χ0) is 23.1. The number of anilines is 4. The van der Waals surface area contributed by atoms with E-state index in [4.69, 9.17) is 16.3 Å². The largest absolute Gasteiger partial charge is 0.388 e. The summed E-state index contributed by atoms with van der Waals surface area (Å²) in [6.07, 6.45) is 2.50. The van der Waals surface area contributed by atoms with Crippen LogP contribution in [0.5, 0.6) is 0 Å². The van der Waals surface area contributed by atoms with Crippen molar-refractivity contribution in [2.45, 2.75) is 31.1 Å². The highest BCUT2D eigenvalue weighted by atomic mass is 35.5. The van der Waals surface area contributed by atoms with Crippen LogP contribution < -0.4 is 15.5 Å². The third-order valence-electron chi connectivity index (χ3n) is 5.70. The number of rotatable bonds is 6. The number of hydrogen-bond donors (Lipinski definition) is 3. The topological polar surface area (TPSA) is 147 Å². The van der Waals surface area contributed by atoms with Gasteiger partial charge in [-0.05, 0) is 25.0 Å². The van der Waals surface area contributed by atoms with Crippen LogP contribution in [0.1, 0.15) is 24.1 Å². The van der Waals surface area contributed by atoms with Gasteiger partial charge in [0.1, 0.15) is 12.2 Å². The highest BCUT2D eigenvalue weighted by Gasteiger charge is 2.33. The van der Waals surface area contributed by atoms with Gasteiger partial charge in [0, 0.05) is 26.2 Å². The second kappa shape index (κ2) is 8.37. The van der Waals surface area contributed by atoms with E-state index < -0.39 is 6.10 Å². The monoisotopic (exact) mass is 465 g/mol. The van der Waals surface area contributed by atoms with E-state index in [1.165, 1.54) is 10.7 Å². The van der Waals surface area contributed by atoms with Crippen LogP contribution in [-0.2, 0) is 4.74 Å². The average molecular weight is 466 g/mol. The molecule has 0 bridgehead atoms. The summed E-state index contributed by atoms with van der Waals surface area (Å²) in [6, 6.07) is 7.80. The zero-order valence-electron chi connectivity index (χ0n) is 17.7. The number of benzene rings is 1. The van der Waals surface area contributed by atoms with Gasteiger partial charge in [0.2, 0.25) is 5.95 Å². The van der Waals surface area contributed by atoms with Crippen LogP contribution in [0.4, 0.5) is 23.1 Å². The molecule has 3 N–H and O–H groups in total. The van der Waals surface area contributed by atoms with Gasteiger partial charge >= 0.3 is 0 Å². The average Bonchev–Trinajstić information content (AvgIpc) is 3.40. The fourth-order valence-electron chi connectivity index (χ4n) is 3.83. The van der Waals surface area contributed by atoms with Crippen molar-refractivity contribution in [3.63, 3.8) is 0 Å². The molecule has 2 aliphatic rings. The first-order valence-electron chi connectivity index (χ1n) is 10.4. The van der Waals surface area contributed by atoms with Crippen LogP contribution in [0.15, 0.2) is 18.3 Å². The van der Waals surface area contributed by atoms with Crippen molar-refractivity contribution in [3.8, 4) is 12.1 Å². The van der Waals surface area contributed by atoms with Gasteiger partial charge in [0.25, 0.3) is 0 Å². The van der Waals surface area contributed by atoms with Gasteiger partial charge in [-0.1, -0.05) is 11.6 Å². The van der Waals surface area contributed by atoms with Crippen molar-refractivity contribution in [3.05, 3.63) is 34.6 Å². The lowest BCUT2D eigenvalue weighted by Gasteiger charge is -2.21. The Labute approximate surface area is 194 Å². The summed E-state index contributed by atoms with van der Waals surface area (Å²) in [5.74, 6) is 0.703. The molecule has 33 heavy (non-hydrogen) atoms. The molecule has 1 saturated heterocycles. The number of methoxy groups -OCH3 is 1. The number of aliphatic hydroxyl groups excluding tert-OH is 1. The predicted octanol–water partition coefficient (Wildman–Crippen LogP) is 2.03. The van der Waals surface area contributed by atoms with Gasteiger partial charge in [-0.2, -0.15) is 20.0 Å². The number of nitriles is 2. The summed E-state index contributed by atoms with van der Waals surface area (Å²) in [7, 11) is 1.55. The van der Waals surface area contributed by atoms with Gasteiger partial charge in [0.15, 0.2) is 17.2 Å². The standard InChI is InChI=1S/C21H20ClN9O2/c1-33-17-10-30(9-16(17)32)15-5-11(6-23)4-14(18(15)22)27-21-28-19(26-12-2-3-12)20-25-8-13(7-24)31(20)29-21/h4-5,8,12,16-17,32H,2-3,9-10H2,1H3,(H2,26,27,28,29). The molecule has 0 amide bonds. The molecule has 2 aromatic heterocycles. The summed E-state index contributed by atoms with van der Waals surface area (Å²) >= 11 is 6.72. The molecule has 168 valence electrons.